The number of fused-ring (bicyclic) bond motifs is 1. The van der Waals surface area contributed by atoms with Gasteiger partial charge in [0.05, 0.1) is 36.1 Å². The second-order valence-electron chi connectivity index (χ2n) is 7.55. The minimum absolute atomic E-state index is 0.183. The normalized spacial score (nSPS) is 12.0. The Kier molecular flexibility index (Phi) is 5.61. The zero-order chi connectivity index (χ0) is 22.8. The molecule has 3 aromatic heterocycles. The number of amides is 1. The van der Waals surface area contributed by atoms with Crippen molar-refractivity contribution in [3.05, 3.63) is 71.8 Å². The molecule has 32 heavy (non-hydrogen) atoms. The van der Waals surface area contributed by atoms with Crippen LogP contribution in [0.1, 0.15) is 28.4 Å². The van der Waals surface area contributed by atoms with Crippen LogP contribution in [-0.2, 0) is 6.54 Å². The number of rotatable bonds is 6. The number of aliphatic hydroxyl groups is 1. The molecule has 10 nitrogen and oxygen atoms in total. The maximum atomic E-state index is 13.0. The highest BCUT2D eigenvalue weighted by atomic mass is 16.3. The first-order valence-corrected chi connectivity index (χ1v) is 9.92. The summed E-state index contributed by atoms with van der Waals surface area (Å²) < 4.78 is 3.29. The third-order valence-electron chi connectivity index (χ3n) is 5.06. The van der Waals surface area contributed by atoms with Gasteiger partial charge < -0.3 is 10.4 Å². The fourth-order valence-corrected chi connectivity index (χ4v) is 3.38. The van der Waals surface area contributed by atoms with Gasteiger partial charge in [-0.05, 0) is 43.2 Å². The smallest absolute Gasteiger partial charge is 0.259 e. The van der Waals surface area contributed by atoms with Crippen LogP contribution >= 0.6 is 0 Å². The molecule has 0 unspecified atom stereocenters. The van der Waals surface area contributed by atoms with E-state index < -0.39 is 6.10 Å². The van der Waals surface area contributed by atoms with Gasteiger partial charge in [0.25, 0.3) is 5.91 Å². The summed E-state index contributed by atoms with van der Waals surface area (Å²) in [5.74, 6) is -0.520. The lowest BCUT2D eigenvalue weighted by molar-refractivity contribution is 0.102. The molecule has 0 aliphatic heterocycles. The standard InChI is InChI=1S/C22H22N8O2/c1-13-3-4-16(21(23)28-24)7-19(13)27-22(32)18-10-26-30-6-5-15(8-20(18)30)17-9-25-29(12-17)11-14(2)31/h3-10,12,14,23-24,31H,11H2,1-2H3,(H,27,32)/t14-/m0/s1. The molecule has 0 saturated carbocycles. The minimum atomic E-state index is -0.504. The molecule has 0 aliphatic carbocycles. The van der Waals surface area contributed by atoms with E-state index in [1.54, 1.807) is 46.7 Å². The Hall–Kier alpha value is -4.18. The third-order valence-corrected chi connectivity index (χ3v) is 5.06. The number of nitrogens with zero attached hydrogens (tertiary/aromatic N) is 5. The molecule has 4 N–H and O–H groups in total. The predicted molar refractivity (Wildman–Crippen MR) is 119 cm³/mol. The number of aromatic nitrogens is 4. The van der Waals surface area contributed by atoms with E-state index >= 15 is 0 Å². The zero-order valence-corrected chi connectivity index (χ0v) is 17.6. The molecular weight excluding hydrogens is 408 g/mol. The SMILES string of the molecule is Cc1ccc(C(=N)N=N)cc1NC(=O)c1cnn2ccc(-c3cnn(C[C@H](C)O)c3)cc12. The van der Waals surface area contributed by atoms with E-state index in [0.29, 0.717) is 28.9 Å². The van der Waals surface area contributed by atoms with Gasteiger partial charge in [-0.15, -0.1) is 5.11 Å². The van der Waals surface area contributed by atoms with Crippen LogP contribution in [0.4, 0.5) is 5.69 Å². The molecule has 1 amide bonds. The number of carbonyl (C=O) groups is 1. The van der Waals surface area contributed by atoms with Crippen LogP contribution in [-0.4, -0.2) is 42.3 Å². The Morgan fingerprint density at radius 1 is 1.22 bits per heavy atom. The van der Waals surface area contributed by atoms with Crippen molar-refractivity contribution in [2.75, 3.05) is 5.32 Å². The molecule has 1 atom stereocenters. The van der Waals surface area contributed by atoms with Crippen LogP contribution in [0, 0.1) is 17.9 Å². The summed E-state index contributed by atoms with van der Waals surface area (Å²) >= 11 is 0. The average Bonchev–Trinajstić information content (AvgIpc) is 3.40. The summed E-state index contributed by atoms with van der Waals surface area (Å²) in [4.78, 5) is 13.0. The van der Waals surface area contributed by atoms with Gasteiger partial charge in [-0.2, -0.15) is 10.2 Å². The van der Waals surface area contributed by atoms with Gasteiger partial charge in [0, 0.05) is 29.2 Å². The monoisotopic (exact) mass is 430 g/mol. The number of nitrogens with one attached hydrogen (secondary N) is 3. The first-order chi connectivity index (χ1) is 15.4. The molecule has 0 aliphatic rings. The quantitative estimate of drug-likeness (QED) is 0.211. The van der Waals surface area contributed by atoms with Crippen molar-refractivity contribution >= 4 is 22.9 Å². The van der Waals surface area contributed by atoms with Crippen molar-refractivity contribution in [1.29, 1.82) is 10.9 Å². The molecule has 3 heterocycles. The summed E-state index contributed by atoms with van der Waals surface area (Å²) in [7, 11) is 0. The summed E-state index contributed by atoms with van der Waals surface area (Å²) in [5.41, 5.74) is 11.6. The molecule has 0 fully saturated rings. The fraction of sp³-hybridized carbons (Fsp3) is 0.182. The van der Waals surface area contributed by atoms with Gasteiger partial charge in [-0.3, -0.25) is 14.9 Å². The highest BCUT2D eigenvalue weighted by Crippen LogP contribution is 2.24. The molecule has 1 aromatic carbocycles. The van der Waals surface area contributed by atoms with E-state index in [-0.39, 0.29) is 11.7 Å². The minimum Gasteiger partial charge on any atom is -0.391 e. The molecule has 0 bridgehead atoms. The van der Waals surface area contributed by atoms with E-state index in [2.05, 4.69) is 20.6 Å². The van der Waals surface area contributed by atoms with Crippen molar-refractivity contribution in [2.45, 2.75) is 26.5 Å². The van der Waals surface area contributed by atoms with E-state index in [4.69, 9.17) is 10.9 Å². The van der Waals surface area contributed by atoms with Crippen LogP contribution < -0.4 is 5.32 Å². The van der Waals surface area contributed by atoms with Crippen molar-refractivity contribution in [3.8, 4) is 11.1 Å². The van der Waals surface area contributed by atoms with Gasteiger partial charge >= 0.3 is 0 Å². The topological polar surface area (TPSA) is 145 Å². The first kappa shape index (κ1) is 21.1. The van der Waals surface area contributed by atoms with E-state index in [9.17, 15) is 9.90 Å². The lowest BCUT2D eigenvalue weighted by Crippen LogP contribution is -2.13. The van der Waals surface area contributed by atoms with Crippen LogP contribution in [0.15, 0.2) is 60.2 Å². The van der Waals surface area contributed by atoms with Gasteiger partial charge in [-0.25, -0.2) is 10.0 Å². The lowest BCUT2D eigenvalue weighted by atomic mass is 10.1. The molecule has 0 spiro atoms. The van der Waals surface area contributed by atoms with Crippen molar-refractivity contribution in [2.24, 2.45) is 5.11 Å². The molecule has 162 valence electrons. The van der Waals surface area contributed by atoms with Crippen molar-refractivity contribution < 1.29 is 9.90 Å². The second kappa shape index (κ2) is 8.52. The number of hydrogen-bond donors (Lipinski definition) is 4. The summed E-state index contributed by atoms with van der Waals surface area (Å²) in [6.07, 6.45) is 6.33. The number of anilines is 1. The largest absolute Gasteiger partial charge is 0.391 e. The predicted octanol–water partition coefficient (Wildman–Crippen LogP) is 3.50. The molecule has 0 radical (unpaired) electrons. The Labute approximate surface area is 183 Å². The molecule has 0 saturated heterocycles. The van der Waals surface area contributed by atoms with E-state index in [0.717, 1.165) is 16.7 Å². The number of pyridine rings is 1. The van der Waals surface area contributed by atoms with Gasteiger partial charge in [0.1, 0.15) is 0 Å². The maximum absolute atomic E-state index is 13.0. The fourth-order valence-electron chi connectivity index (χ4n) is 3.38. The van der Waals surface area contributed by atoms with Crippen molar-refractivity contribution in [1.82, 2.24) is 19.4 Å². The summed E-state index contributed by atoms with van der Waals surface area (Å²) in [5, 5.41) is 31.8. The second-order valence-corrected chi connectivity index (χ2v) is 7.55. The Bertz CT molecular complexity index is 1330. The van der Waals surface area contributed by atoms with Gasteiger partial charge in [0.15, 0.2) is 5.84 Å². The molecular formula is C22H22N8O2. The van der Waals surface area contributed by atoms with E-state index in [1.165, 1.54) is 6.20 Å². The number of aliphatic hydroxyl groups excluding tert-OH is 1. The average molecular weight is 430 g/mol. The number of aryl methyl sites for hydroxylation is 1. The Morgan fingerprint density at radius 3 is 2.78 bits per heavy atom. The summed E-state index contributed by atoms with van der Waals surface area (Å²) in [6, 6.07) is 8.83. The first-order valence-electron chi connectivity index (χ1n) is 9.92. The zero-order valence-electron chi connectivity index (χ0n) is 17.6. The van der Waals surface area contributed by atoms with E-state index in [1.807, 2.05) is 25.3 Å². The number of amidine groups is 1. The maximum Gasteiger partial charge on any atom is 0.259 e. The number of hydrogen-bond acceptors (Lipinski definition) is 6. The van der Waals surface area contributed by atoms with Crippen LogP contribution in [0.25, 0.3) is 16.6 Å². The highest BCUT2D eigenvalue weighted by molar-refractivity contribution is 6.10. The van der Waals surface area contributed by atoms with Crippen LogP contribution in [0.2, 0.25) is 0 Å². The van der Waals surface area contributed by atoms with Crippen LogP contribution in [0.3, 0.4) is 0 Å². The third kappa shape index (κ3) is 4.16. The molecule has 10 heteroatoms. The van der Waals surface area contributed by atoms with Gasteiger partial charge in [-0.1, -0.05) is 12.1 Å². The summed E-state index contributed by atoms with van der Waals surface area (Å²) in [6.45, 7) is 3.94. The van der Waals surface area contributed by atoms with Crippen molar-refractivity contribution in [3.63, 3.8) is 0 Å². The van der Waals surface area contributed by atoms with Crippen LogP contribution in [0.5, 0.6) is 0 Å². The number of benzene rings is 1. The molecule has 4 rings (SSSR count). The Morgan fingerprint density at radius 2 is 2.03 bits per heavy atom. The lowest BCUT2D eigenvalue weighted by Gasteiger charge is -2.10. The molecule has 4 aromatic rings. The highest BCUT2D eigenvalue weighted by Gasteiger charge is 2.16. The van der Waals surface area contributed by atoms with Gasteiger partial charge in [0.2, 0.25) is 0 Å². The Balaban J connectivity index is 1.64. The number of carbonyl (C=O) groups excluding carboxylic acids is 1.